The van der Waals surface area contributed by atoms with Crippen molar-refractivity contribution in [2.75, 3.05) is 0 Å². The van der Waals surface area contributed by atoms with Crippen LogP contribution in [0.4, 0.5) is 0 Å². The van der Waals surface area contributed by atoms with E-state index in [-0.39, 0.29) is 0 Å². The molecular weight excluding hydrogens is 216 g/mol. The van der Waals surface area contributed by atoms with Crippen molar-refractivity contribution in [2.24, 2.45) is 29.6 Å². The van der Waals surface area contributed by atoms with Gasteiger partial charge in [-0.2, -0.15) is 0 Å². The predicted octanol–water partition coefficient (Wildman–Crippen LogP) is 5.36. The minimum atomic E-state index is 0.886. The molecule has 0 nitrogen and oxygen atoms in total. The molecule has 2 saturated carbocycles. The van der Waals surface area contributed by atoms with Crippen LogP contribution >= 0.6 is 0 Å². The van der Waals surface area contributed by atoms with Crippen molar-refractivity contribution in [3.63, 3.8) is 0 Å². The van der Waals surface area contributed by atoms with Crippen LogP contribution < -0.4 is 0 Å². The van der Waals surface area contributed by atoms with Crippen LogP contribution in [0.3, 0.4) is 0 Å². The molecule has 0 amide bonds. The first-order valence-electron chi connectivity index (χ1n) is 8.25. The minimum Gasteiger partial charge on any atom is -0.0808 e. The zero-order chi connectivity index (χ0) is 12.4. The van der Waals surface area contributed by atoms with Crippen LogP contribution in [0, 0.1) is 29.6 Å². The number of fused-ring (bicyclic) bond motifs is 3. The molecular formula is C18H28. The highest BCUT2D eigenvalue weighted by molar-refractivity contribution is 5.19. The zero-order valence-corrected chi connectivity index (χ0v) is 11.9. The fourth-order valence-corrected chi connectivity index (χ4v) is 4.93. The number of hydrogen-bond acceptors (Lipinski definition) is 0. The summed E-state index contributed by atoms with van der Waals surface area (Å²) in [4.78, 5) is 0. The van der Waals surface area contributed by atoms with Gasteiger partial charge in [-0.3, -0.25) is 0 Å². The standard InChI is InChI=1S/C18H28/c1-2-3-4-8-14-10-7-12-17-16-11-6-5-9-15(16)13-18(14)17/h5-6,9,11,14-18H,2-4,7-8,10,12-13H2,1H3. The first kappa shape index (κ1) is 12.5. The molecule has 0 saturated heterocycles. The van der Waals surface area contributed by atoms with E-state index in [1.54, 1.807) is 0 Å². The molecule has 0 heterocycles. The molecule has 0 N–H and O–H groups in total. The molecule has 0 aromatic carbocycles. The number of allylic oxidation sites excluding steroid dienone is 4. The van der Waals surface area contributed by atoms with E-state index in [9.17, 15) is 0 Å². The maximum Gasteiger partial charge on any atom is -0.0136 e. The second kappa shape index (κ2) is 5.63. The van der Waals surface area contributed by atoms with Gasteiger partial charge in [0.1, 0.15) is 0 Å². The number of unbranched alkanes of at least 4 members (excludes halogenated alkanes) is 2. The Hall–Kier alpha value is -0.520. The lowest BCUT2D eigenvalue weighted by Gasteiger charge is -2.35. The molecule has 0 aromatic heterocycles. The van der Waals surface area contributed by atoms with Gasteiger partial charge in [-0.15, -0.1) is 0 Å². The Kier molecular flexibility index (Phi) is 3.91. The largest absolute Gasteiger partial charge is 0.0808 e. The monoisotopic (exact) mass is 244 g/mol. The molecule has 3 aliphatic rings. The van der Waals surface area contributed by atoms with Gasteiger partial charge in [0.15, 0.2) is 0 Å². The summed E-state index contributed by atoms with van der Waals surface area (Å²) in [5, 5.41) is 0. The Morgan fingerprint density at radius 3 is 2.78 bits per heavy atom. The third-order valence-corrected chi connectivity index (χ3v) is 5.78. The number of hydrogen-bond donors (Lipinski definition) is 0. The van der Waals surface area contributed by atoms with Gasteiger partial charge in [0.2, 0.25) is 0 Å². The summed E-state index contributed by atoms with van der Waals surface area (Å²) in [7, 11) is 0. The summed E-state index contributed by atoms with van der Waals surface area (Å²) in [6, 6.07) is 0. The highest BCUT2D eigenvalue weighted by atomic mass is 14.5. The Labute approximate surface area is 113 Å². The van der Waals surface area contributed by atoms with E-state index < -0.39 is 0 Å². The van der Waals surface area contributed by atoms with Gasteiger partial charge in [0, 0.05) is 0 Å². The summed E-state index contributed by atoms with van der Waals surface area (Å²) in [6.45, 7) is 2.32. The molecule has 0 heteroatoms. The molecule has 100 valence electrons. The van der Waals surface area contributed by atoms with Gasteiger partial charge in [-0.1, -0.05) is 69.8 Å². The van der Waals surface area contributed by atoms with Crippen LogP contribution in [0.5, 0.6) is 0 Å². The van der Waals surface area contributed by atoms with Gasteiger partial charge in [-0.25, -0.2) is 0 Å². The summed E-state index contributed by atoms with van der Waals surface area (Å²) >= 11 is 0. The van der Waals surface area contributed by atoms with E-state index in [0.717, 1.165) is 29.6 Å². The van der Waals surface area contributed by atoms with Crippen molar-refractivity contribution in [2.45, 2.75) is 58.3 Å². The SMILES string of the molecule is CCCCCC1CCCC2C3C=CC=CC3CC12. The van der Waals surface area contributed by atoms with Crippen molar-refractivity contribution >= 4 is 0 Å². The van der Waals surface area contributed by atoms with Gasteiger partial charge in [0.05, 0.1) is 0 Å². The Morgan fingerprint density at radius 1 is 1.00 bits per heavy atom. The Bertz CT molecular complexity index is 325. The fourth-order valence-electron chi connectivity index (χ4n) is 4.93. The first-order chi connectivity index (χ1) is 8.90. The van der Waals surface area contributed by atoms with Crippen molar-refractivity contribution < 1.29 is 0 Å². The smallest absolute Gasteiger partial charge is 0.0136 e. The lowest BCUT2D eigenvalue weighted by Crippen LogP contribution is -2.27. The summed E-state index contributed by atoms with van der Waals surface area (Å²) < 4.78 is 0. The lowest BCUT2D eigenvalue weighted by molar-refractivity contribution is 0.154. The lowest BCUT2D eigenvalue weighted by atomic mass is 9.70. The van der Waals surface area contributed by atoms with E-state index in [4.69, 9.17) is 0 Å². The molecule has 0 radical (unpaired) electrons. The van der Waals surface area contributed by atoms with E-state index >= 15 is 0 Å². The molecule has 5 atom stereocenters. The molecule has 0 aliphatic heterocycles. The van der Waals surface area contributed by atoms with Crippen molar-refractivity contribution in [1.29, 1.82) is 0 Å². The number of rotatable bonds is 4. The predicted molar refractivity (Wildman–Crippen MR) is 78.3 cm³/mol. The fraction of sp³-hybridized carbons (Fsp3) is 0.778. The molecule has 18 heavy (non-hydrogen) atoms. The summed E-state index contributed by atoms with van der Waals surface area (Å²) in [5.41, 5.74) is 0. The summed E-state index contributed by atoms with van der Waals surface area (Å²) in [6.07, 6.45) is 21.4. The van der Waals surface area contributed by atoms with E-state index in [0.29, 0.717) is 0 Å². The minimum absolute atomic E-state index is 0.886. The van der Waals surface area contributed by atoms with Crippen molar-refractivity contribution in [3.05, 3.63) is 24.3 Å². The van der Waals surface area contributed by atoms with E-state index in [1.807, 2.05) is 0 Å². The molecule has 3 rings (SSSR count). The average Bonchev–Trinajstić information content (AvgIpc) is 2.79. The normalized spacial score (nSPS) is 41.7. The van der Waals surface area contributed by atoms with Crippen LogP contribution in [-0.2, 0) is 0 Å². The maximum atomic E-state index is 2.52. The molecule has 5 unspecified atom stereocenters. The average molecular weight is 244 g/mol. The third-order valence-electron chi connectivity index (χ3n) is 5.78. The van der Waals surface area contributed by atoms with Crippen LogP contribution in [0.1, 0.15) is 58.3 Å². The van der Waals surface area contributed by atoms with Gasteiger partial charge >= 0.3 is 0 Å². The van der Waals surface area contributed by atoms with Crippen molar-refractivity contribution in [3.8, 4) is 0 Å². The highest BCUT2D eigenvalue weighted by Gasteiger charge is 2.45. The van der Waals surface area contributed by atoms with Crippen LogP contribution in [0.25, 0.3) is 0 Å². The maximum absolute atomic E-state index is 2.52. The van der Waals surface area contributed by atoms with Gasteiger partial charge < -0.3 is 0 Å². The van der Waals surface area contributed by atoms with Gasteiger partial charge in [0.25, 0.3) is 0 Å². The Balaban J connectivity index is 1.65. The highest BCUT2D eigenvalue weighted by Crippen LogP contribution is 2.54. The van der Waals surface area contributed by atoms with Gasteiger partial charge in [-0.05, 0) is 42.4 Å². The van der Waals surface area contributed by atoms with E-state index in [1.165, 1.54) is 51.4 Å². The van der Waals surface area contributed by atoms with Crippen LogP contribution in [-0.4, -0.2) is 0 Å². The van der Waals surface area contributed by atoms with Crippen molar-refractivity contribution in [1.82, 2.24) is 0 Å². The summed E-state index contributed by atoms with van der Waals surface area (Å²) in [5.74, 6) is 4.92. The third kappa shape index (κ3) is 2.31. The second-order valence-corrected chi connectivity index (χ2v) is 6.76. The quantitative estimate of drug-likeness (QED) is 0.584. The molecule has 0 spiro atoms. The van der Waals surface area contributed by atoms with Crippen LogP contribution in [0.2, 0.25) is 0 Å². The van der Waals surface area contributed by atoms with E-state index in [2.05, 4.69) is 31.2 Å². The molecule has 0 aromatic rings. The topological polar surface area (TPSA) is 0 Å². The first-order valence-corrected chi connectivity index (χ1v) is 8.25. The molecule has 2 fully saturated rings. The zero-order valence-electron chi connectivity index (χ0n) is 11.9. The molecule has 0 bridgehead atoms. The van der Waals surface area contributed by atoms with Crippen LogP contribution in [0.15, 0.2) is 24.3 Å². The molecule has 3 aliphatic carbocycles. The second-order valence-electron chi connectivity index (χ2n) is 6.76. The Morgan fingerprint density at radius 2 is 1.89 bits per heavy atom.